The maximum Gasteiger partial charge on any atom is 0.221 e. The third-order valence-corrected chi connectivity index (χ3v) is 2.80. The lowest BCUT2D eigenvalue weighted by atomic mass is 10.3. The van der Waals surface area contributed by atoms with E-state index < -0.39 is 0 Å². The summed E-state index contributed by atoms with van der Waals surface area (Å²) in [5.74, 6) is -0.0848. The summed E-state index contributed by atoms with van der Waals surface area (Å²) < 4.78 is 0. The molecule has 1 heterocycles. The molecule has 0 aliphatic heterocycles. The Labute approximate surface area is 103 Å². The maximum atomic E-state index is 10.8. The monoisotopic (exact) mass is 245 g/mol. The normalized spacial score (nSPS) is 10.6. The number of benzene rings is 1. The van der Waals surface area contributed by atoms with Crippen molar-refractivity contribution in [3.8, 4) is 0 Å². The predicted octanol–water partition coefficient (Wildman–Crippen LogP) is 4.12. The predicted molar refractivity (Wildman–Crippen MR) is 69.2 cm³/mol. The third-order valence-electron chi connectivity index (χ3n) is 1.91. The van der Waals surface area contributed by atoms with Crippen molar-refractivity contribution in [1.29, 1.82) is 0 Å². The van der Waals surface area contributed by atoms with Crippen molar-refractivity contribution in [2.45, 2.75) is 6.92 Å². The highest BCUT2D eigenvalue weighted by Gasteiger charge is 2.00. The zero-order chi connectivity index (χ0) is 12.1. The molecule has 0 saturated heterocycles. The van der Waals surface area contributed by atoms with Crippen molar-refractivity contribution in [2.75, 3.05) is 5.32 Å². The minimum Gasteiger partial charge on any atom is -0.318 e. The van der Waals surface area contributed by atoms with E-state index in [-0.39, 0.29) is 5.91 Å². The molecule has 1 aromatic heterocycles. The number of nitrogens with one attached hydrogen (secondary N) is 1. The minimum absolute atomic E-state index is 0.0848. The molecule has 0 bridgehead atoms. The first-order valence-corrected chi connectivity index (χ1v) is 5.90. The van der Waals surface area contributed by atoms with Crippen LogP contribution < -0.4 is 5.32 Å². The van der Waals surface area contributed by atoms with E-state index in [4.69, 9.17) is 0 Å². The van der Waals surface area contributed by atoms with Gasteiger partial charge in [0.2, 0.25) is 5.91 Å². The van der Waals surface area contributed by atoms with Crippen LogP contribution in [-0.2, 0) is 4.79 Å². The van der Waals surface area contributed by atoms with Crippen LogP contribution in [0, 0.1) is 0 Å². The van der Waals surface area contributed by atoms with Gasteiger partial charge in [0.1, 0.15) is 5.00 Å². The van der Waals surface area contributed by atoms with Crippen LogP contribution >= 0.6 is 11.3 Å². The highest BCUT2D eigenvalue weighted by molar-refractivity contribution is 7.19. The zero-order valence-corrected chi connectivity index (χ0v) is 10.1. The lowest BCUT2D eigenvalue weighted by molar-refractivity contribution is -0.114. The molecule has 1 amide bonds. The number of carbonyl (C=O) groups excluding carboxylic acids is 1. The highest BCUT2D eigenvalue weighted by Crippen LogP contribution is 2.30. The molecule has 0 aliphatic rings. The summed E-state index contributed by atoms with van der Waals surface area (Å²) in [6, 6.07) is 13.1. The standard InChI is InChI=1S/C12H11N3OS/c1-9(16)13-11-7-8-12(17-11)15-14-10-5-3-2-4-6-10/h2-8H,1H3,(H,13,16). The van der Waals surface area contributed by atoms with Crippen molar-refractivity contribution in [2.24, 2.45) is 10.2 Å². The summed E-state index contributed by atoms with van der Waals surface area (Å²) in [4.78, 5) is 10.8. The fourth-order valence-electron chi connectivity index (χ4n) is 1.22. The summed E-state index contributed by atoms with van der Waals surface area (Å²) >= 11 is 1.39. The number of rotatable bonds is 3. The van der Waals surface area contributed by atoms with Crippen LogP contribution in [0.2, 0.25) is 0 Å². The molecule has 86 valence electrons. The van der Waals surface area contributed by atoms with Crippen LogP contribution in [0.5, 0.6) is 0 Å². The van der Waals surface area contributed by atoms with E-state index in [0.29, 0.717) is 0 Å². The fraction of sp³-hybridized carbons (Fsp3) is 0.0833. The van der Waals surface area contributed by atoms with Gasteiger partial charge in [-0.05, 0) is 24.3 Å². The number of amides is 1. The first-order chi connectivity index (χ1) is 8.24. The molecular formula is C12H11N3OS. The molecule has 2 aromatic rings. The van der Waals surface area contributed by atoms with Crippen molar-refractivity contribution < 1.29 is 4.79 Å². The molecule has 4 nitrogen and oxygen atoms in total. The lowest BCUT2D eigenvalue weighted by Gasteiger charge is -1.93. The van der Waals surface area contributed by atoms with E-state index in [1.807, 2.05) is 42.5 Å². The van der Waals surface area contributed by atoms with Crippen LogP contribution in [0.25, 0.3) is 0 Å². The van der Waals surface area contributed by atoms with Gasteiger partial charge in [-0.25, -0.2) is 0 Å². The van der Waals surface area contributed by atoms with E-state index in [0.717, 1.165) is 15.7 Å². The molecule has 1 aromatic carbocycles. The molecule has 0 aliphatic carbocycles. The van der Waals surface area contributed by atoms with Gasteiger partial charge >= 0.3 is 0 Å². The van der Waals surface area contributed by atoms with Gasteiger partial charge in [-0.3, -0.25) is 4.79 Å². The van der Waals surface area contributed by atoms with Crippen LogP contribution in [0.1, 0.15) is 6.92 Å². The molecule has 2 rings (SSSR count). The average molecular weight is 245 g/mol. The molecule has 5 heteroatoms. The Hall–Kier alpha value is -2.01. The second-order valence-electron chi connectivity index (χ2n) is 3.35. The zero-order valence-electron chi connectivity index (χ0n) is 9.25. The van der Waals surface area contributed by atoms with Crippen molar-refractivity contribution >= 4 is 32.9 Å². The van der Waals surface area contributed by atoms with Gasteiger partial charge in [0, 0.05) is 6.92 Å². The fourth-order valence-corrected chi connectivity index (χ4v) is 2.00. The van der Waals surface area contributed by atoms with Crippen LogP contribution in [0.4, 0.5) is 15.7 Å². The summed E-state index contributed by atoms with van der Waals surface area (Å²) in [6.45, 7) is 1.48. The number of hydrogen-bond acceptors (Lipinski definition) is 4. The minimum atomic E-state index is -0.0848. The topological polar surface area (TPSA) is 53.8 Å². The Morgan fingerprint density at radius 2 is 1.88 bits per heavy atom. The Bertz CT molecular complexity index is 534. The van der Waals surface area contributed by atoms with Gasteiger partial charge in [-0.15, -0.1) is 10.2 Å². The molecule has 17 heavy (non-hydrogen) atoms. The molecule has 0 unspecified atom stereocenters. The van der Waals surface area contributed by atoms with Gasteiger partial charge < -0.3 is 5.32 Å². The number of nitrogens with zero attached hydrogens (tertiary/aromatic N) is 2. The second-order valence-corrected chi connectivity index (χ2v) is 4.42. The highest BCUT2D eigenvalue weighted by atomic mass is 32.1. The number of carbonyl (C=O) groups is 1. The summed E-state index contributed by atoms with van der Waals surface area (Å²) in [7, 11) is 0. The van der Waals surface area contributed by atoms with Gasteiger partial charge in [-0.1, -0.05) is 29.5 Å². The molecule has 0 saturated carbocycles. The van der Waals surface area contributed by atoms with E-state index in [1.54, 1.807) is 0 Å². The number of thiophene rings is 1. The molecule has 1 N–H and O–H groups in total. The number of anilines is 1. The van der Waals surface area contributed by atoms with Crippen LogP contribution in [0.15, 0.2) is 52.7 Å². The van der Waals surface area contributed by atoms with Crippen molar-refractivity contribution in [3.63, 3.8) is 0 Å². The quantitative estimate of drug-likeness (QED) is 0.812. The molecule has 0 atom stereocenters. The van der Waals surface area contributed by atoms with Crippen molar-refractivity contribution in [1.82, 2.24) is 0 Å². The van der Waals surface area contributed by atoms with E-state index in [1.165, 1.54) is 18.3 Å². The maximum absolute atomic E-state index is 10.8. The van der Waals surface area contributed by atoms with Crippen molar-refractivity contribution in [3.05, 3.63) is 42.5 Å². The first kappa shape index (κ1) is 11.5. The second kappa shape index (κ2) is 5.36. The Balaban J connectivity index is 2.06. The Morgan fingerprint density at radius 1 is 1.12 bits per heavy atom. The molecule has 0 radical (unpaired) electrons. The van der Waals surface area contributed by atoms with E-state index >= 15 is 0 Å². The summed E-state index contributed by atoms with van der Waals surface area (Å²) in [5.41, 5.74) is 0.807. The Morgan fingerprint density at radius 3 is 2.59 bits per heavy atom. The van der Waals surface area contributed by atoms with Crippen LogP contribution in [-0.4, -0.2) is 5.91 Å². The Kier molecular flexibility index (Phi) is 3.62. The third kappa shape index (κ3) is 3.49. The first-order valence-electron chi connectivity index (χ1n) is 5.08. The summed E-state index contributed by atoms with van der Waals surface area (Å²) in [5, 5.41) is 12.4. The van der Waals surface area contributed by atoms with E-state index in [2.05, 4.69) is 15.5 Å². The smallest absolute Gasteiger partial charge is 0.221 e. The largest absolute Gasteiger partial charge is 0.318 e. The van der Waals surface area contributed by atoms with Gasteiger partial charge in [0.25, 0.3) is 0 Å². The van der Waals surface area contributed by atoms with E-state index in [9.17, 15) is 4.79 Å². The van der Waals surface area contributed by atoms with Gasteiger partial charge in [0.05, 0.1) is 10.7 Å². The van der Waals surface area contributed by atoms with Gasteiger partial charge in [0.15, 0.2) is 0 Å². The van der Waals surface area contributed by atoms with Crippen LogP contribution in [0.3, 0.4) is 0 Å². The lowest BCUT2D eigenvalue weighted by Crippen LogP contribution is -2.03. The van der Waals surface area contributed by atoms with Gasteiger partial charge in [-0.2, -0.15) is 0 Å². The molecular weight excluding hydrogens is 234 g/mol. The number of azo groups is 1. The number of hydrogen-bond donors (Lipinski definition) is 1. The molecule has 0 fully saturated rings. The average Bonchev–Trinajstić information content (AvgIpc) is 2.75. The summed E-state index contributed by atoms with van der Waals surface area (Å²) in [6.07, 6.45) is 0. The molecule has 0 spiro atoms. The SMILES string of the molecule is CC(=O)Nc1ccc(N=Nc2ccccc2)s1.